The largest absolute Gasteiger partial charge is 0.441 e. The van der Waals surface area contributed by atoms with Crippen LogP contribution in [0.25, 0.3) is 0 Å². The molecule has 0 aliphatic heterocycles. The Morgan fingerprint density at radius 2 is 1.33 bits per heavy atom. The molecule has 0 saturated heterocycles. The third kappa shape index (κ3) is 5.44. The van der Waals surface area contributed by atoms with E-state index in [0.29, 0.717) is 6.54 Å². The molecule has 0 spiro atoms. The van der Waals surface area contributed by atoms with Crippen molar-refractivity contribution >= 4 is 11.8 Å². The van der Waals surface area contributed by atoms with E-state index in [4.69, 9.17) is 0 Å². The van der Waals surface area contributed by atoms with Crippen LogP contribution in [0.5, 0.6) is 0 Å². The van der Waals surface area contributed by atoms with Gasteiger partial charge in [0, 0.05) is 12.3 Å². The topological polar surface area (TPSA) is 12.0 Å². The third-order valence-corrected chi connectivity index (χ3v) is 3.72. The van der Waals surface area contributed by atoms with Gasteiger partial charge in [-0.15, -0.1) is 0 Å². The minimum absolute atomic E-state index is 0.000330. The molecule has 2 rings (SSSR count). The highest BCUT2D eigenvalue weighted by molar-refractivity contribution is 8.00. The van der Waals surface area contributed by atoms with E-state index in [1.165, 1.54) is 0 Å². The van der Waals surface area contributed by atoms with Crippen LogP contribution in [0.15, 0.2) is 60.7 Å². The molecule has 2 aromatic carbocycles. The van der Waals surface area contributed by atoms with Gasteiger partial charge in [-0.3, -0.25) is 0 Å². The molecule has 0 bridgehead atoms. The lowest BCUT2D eigenvalue weighted by Crippen LogP contribution is -2.25. The summed E-state index contributed by atoms with van der Waals surface area (Å²) in [6.45, 7) is 0.290. The first-order valence-corrected chi connectivity index (χ1v) is 7.59. The van der Waals surface area contributed by atoms with Crippen LogP contribution in [0.1, 0.15) is 17.2 Å². The number of hydrogen-bond acceptors (Lipinski definition) is 2. The van der Waals surface area contributed by atoms with Crippen LogP contribution in [0.4, 0.5) is 13.2 Å². The highest BCUT2D eigenvalue weighted by Crippen LogP contribution is 2.30. The predicted molar refractivity (Wildman–Crippen MR) is 81.2 cm³/mol. The quantitative estimate of drug-likeness (QED) is 0.781. The SMILES string of the molecule is FC(F)(F)SCCNC(c1ccccc1)c1ccccc1. The van der Waals surface area contributed by atoms with Gasteiger partial charge in [0.1, 0.15) is 0 Å². The molecule has 0 amide bonds. The Morgan fingerprint density at radius 3 is 1.76 bits per heavy atom. The van der Waals surface area contributed by atoms with Crippen molar-refractivity contribution in [3.63, 3.8) is 0 Å². The lowest BCUT2D eigenvalue weighted by molar-refractivity contribution is -0.0327. The van der Waals surface area contributed by atoms with Crippen molar-refractivity contribution in [3.8, 4) is 0 Å². The fourth-order valence-corrected chi connectivity index (χ4v) is 2.54. The number of hydrogen-bond donors (Lipinski definition) is 1. The number of thioether (sulfide) groups is 1. The second-order valence-corrected chi connectivity index (χ2v) is 5.66. The van der Waals surface area contributed by atoms with E-state index in [9.17, 15) is 13.2 Å². The van der Waals surface area contributed by atoms with Gasteiger partial charge in [0.15, 0.2) is 0 Å². The van der Waals surface area contributed by atoms with Crippen molar-refractivity contribution in [2.24, 2.45) is 0 Å². The fraction of sp³-hybridized carbons (Fsp3) is 0.250. The summed E-state index contributed by atoms with van der Waals surface area (Å²) in [4.78, 5) is 0. The molecule has 0 unspecified atom stereocenters. The minimum Gasteiger partial charge on any atom is -0.305 e. The Hall–Kier alpha value is -1.46. The fourth-order valence-electron chi connectivity index (χ4n) is 2.09. The lowest BCUT2D eigenvalue weighted by atomic mass is 9.99. The van der Waals surface area contributed by atoms with Crippen molar-refractivity contribution in [1.82, 2.24) is 5.32 Å². The summed E-state index contributed by atoms with van der Waals surface area (Å²) >= 11 is 0.00344. The first kappa shape index (κ1) is 15.9. The molecule has 1 nitrogen and oxygen atoms in total. The number of benzene rings is 2. The van der Waals surface area contributed by atoms with E-state index in [2.05, 4.69) is 5.32 Å². The zero-order chi connectivity index (χ0) is 15.1. The van der Waals surface area contributed by atoms with Gasteiger partial charge < -0.3 is 5.32 Å². The maximum Gasteiger partial charge on any atom is 0.441 e. The molecular formula is C16H16F3NS. The zero-order valence-electron chi connectivity index (χ0n) is 11.3. The summed E-state index contributed by atoms with van der Waals surface area (Å²) in [7, 11) is 0. The molecule has 0 aromatic heterocycles. The highest BCUT2D eigenvalue weighted by Gasteiger charge is 2.27. The van der Waals surface area contributed by atoms with Crippen LogP contribution in [-0.4, -0.2) is 17.8 Å². The van der Waals surface area contributed by atoms with Gasteiger partial charge in [0.2, 0.25) is 0 Å². The maximum atomic E-state index is 12.2. The highest BCUT2D eigenvalue weighted by atomic mass is 32.2. The Labute approximate surface area is 126 Å². The van der Waals surface area contributed by atoms with Gasteiger partial charge in [-0.2, -0.15) is 13.2 Å². The molecule has 0 aliphatic carbocycles. The second-order valence-electron chi connectivity index (χ2n) is 4.50. The normalized spacial score (nSPS) is 11.8. The number of alkyl halides is 3. The van der Waals surface area contributed by atoms with E-state index in [1.807, 2.05) is 60.7 Å². The molecule has 0 radical (unpaired) electrons. The van der Waals surface area contributed by atoms with E-state index >= 15 is 0 Å². The lowest BCUT2D eigenvalue weighted by Gasteiger charge is -2.20. The summed E-state index contributed by atoms with van der Waals surface area (Å²) in [5.74, 6) is -0.000330. The Kier molecular flexibility index (Phi) is 5.70. The Morgan fingerprint density at radius 1 is 0.857 bits per heavy atom. The van der Waals surface area contributed by atoms with Gasteiger partial charge >= 0.3 is 5.51 Å². The zero-order valence-corrected chi connectivity index (χ0v) is 12.1. The van der Waals surface area contributed by atoms with Crippen LogP contribution >= 0.6 is 11.8 Å². The third-order valence-electron chi connectivity index (χ3n) is 2.98. The summed E-state index contributed by atoms with van der Waals surface area (Å²) in [6.07, 6.45) is 0. The Bertz CT molecular complexity index is 489. The molecule has 1 N–H and O–H groups in total. The number of nitrogens with one attached hydrogen (secondary N) is 1. The van der Waals surface area contributed by atoms with E-state index in [0.717, 1.165) is 11.1 Å². The summed E-state index contributed by atoms with van der Waals surface area (Å²) < 4.78 is 36.5. The molecule has 0 saturated carbocycles. The van der Waals surface area contributed by atoms with Gasteiger partial charge in [0.05, 0.1) is 6.04 Å². The van der Waals surface area contributed by atoms with Crippen molar-refractivity contribution in [2.45, 2.75) is 11.6 Å². The molecule has 21 heavy (non-hydrogen) atoms. The summed E-state index contributed by atoms with van der Waals surface area (Å²) in [6, 6.07) is 19.4. The molecular weight excluding hydrogens is 295 g/mol. The first-order chi connectivity index (χ1) is 10.1. The standard InChI is InChI=1S/C16H16F3NS/c17-16(18,19)21-12-11-20-15(13-7-3-1-4-8-13)14-9-5-2-6-10-14/h1-10,15,20H,11-12H2. The van der Waals surface area contributed by atoms with Gasteiger partial charge in [-0.05, 0) is 22.9 Å². The smallest absolute Gasteiger partial charge is 0.305 e. The van der Waals surface area contributed by atoms with E-state index < -0.39 is 5.51 Å². The maximum absolute atomic E-state index is 12.2. The molecule has 112 valence electrons. The summed E-state index contributed by atoms with van der Waals surface area (Å²) in [5, 5.41) is 3.20. The average molecular weight is 311 g/mol. The van der Waals surface area contributed by atoms with Crippen LogP contribution in [0.2, 0.25) is 0 Å². The van der Waals surface area contributed by atoms with Gasteiger partial charge in [-0.25, -0.2) is 0 Å². The summed E-state index contributed by atoms with van der Waals surface area (Å²) in [5.41, 5.74) is -2.09. The molecule has 0 atom stereocenters. The monoisotopic (exact) mass is 311 g/mol. The molecule has 0 aliphatic rings. The van der Waals surface area contributed by atoms with Crippen molar-refractivity contribution < 1.29 is 13.2 Å². The minimum atomic E-state index is -4.17. The molecule has 2 aromatic rings. The van der Waals surface area contributed by atoms with Gasteiger partial charge in [-0.1, -0.05) is 60.7 Å². The Balaban J connectivity index is 2.04. The van der Waals surface area contributed by atoms with Crippen molar-refractivity contribution in [1.29, 1.82) is 0 Å². The van der Waals surface area contributed by atoms with E-state index in [-0.39, 0.29) is 23.6 Å². The van der Waals surface area contributed by atoms with E-state index in [1.54, 1.807) is 0 Å². The van der Waals surface area contributed by atoms with Crippen LogP contribution < -0.4 is 5.32 Å². The number of rotatable bonds is 6. The van der Waals surface area contributed by atoms with Crippen molar-refractivity contribution in [2.75, 3.05) is 12.3 Å². The number of halogens is 3. The van der Waals surface area contributed by atoms with Crippen molar-refractivity contribution in [3.05, 3.63) is 71.8 Å². The predicted octanol–water partition coefficient (Wildman–Crippen LogP) is 4.62. The van der Waals surface area contributed by atoms with Crippen LogP contribution in [0, 0.1) is 0 Å². The first-order valence-electron chi connectivity index (χ1n) is 6.60. The van der Waals surface area contributed by atoms with Crippen LogP contribution in [-0.2, 0) is 0 Å². The van der Waals surface area contributed by atoms with Crippen LogP contribution in [0.3, 0.4) is 0 Å². The molecule has 0 heterocycles. The van der Waals surface area contributed by atoms with Gasteiger partial charge in [0.25, 0.3) is 0 Å². The second kappa shape index (κ2) is 7.52. The average Bonchev–Trinajstić information content (AvgIpc) is 2.48. The molecule has 0 fully saturated rings. The molecule has 5 heteroatoms.